The molecule has 6 aliphatic rings. The van der Waals surface area contributed by atoms with Crippen LogP contribution >= 0.6 is 0 Å². The summed E-state index contributed by atoms with van der Waals surface area (Å²) >= 11 is 0. The van der Waals surface area contributed by atoms with Gasteiger partial charge in [-0.2, -0.15) is 0 Å². The highest BCUT2D eigenvalue weighted by atomic mass is 15.3. The highest BCUT2D eigenvalue weighted by molar-refractivity contribution is 4.99. The molecule has 0 radical (unpaired) electrons. The van der Waals surface area contributed by atoms with E-state index in [1.807, 2.05) is 0 Å². The Hall–Kier alpha value is -0.240. The van der Waals surface area contributed by atoms with Crippen molar-refractivity contribution in [1.29, 1.82) is 0 Å². The largest absolute Gasteiger partial charge is 0.310 e. The quantitative estimate of drug-likeness (QED) is 0.511. The molecule has 6 heterocycles. The predicted octanol–water partition coefficient (Wildman–Crippen LogP) is 4.75. The zero-order valence-electron chi connectivity index (χ0n) is 26.9. The molecule has 3 unspecified atom stereocenters. The van der Waals surface area contributed by atoms with Crippen LogP contribution in [0.3, 0.4) is 0 Å². The van der Waals surface area contributed by atoms with Gasteiger partial charge in [-0.05, 0) is 151 Å². The maximum absolute atomic E-state index is 3.72. The number of rotatable bonds is 1. The van der Waals surface area contributed by atoms with Gasteiger partial charge in [-0.1, -0.05) is 26.2 Å². The lowest BCUT2D eigenvalue weighted by Crippen LogP contribution is -2.59. The molecule has 6 saturated heterocycles. The van der Waals surface area contributed by atoms with Gasteiger partial charge in [0.15, 0.2) is 0 Å². The van der Waals surface area contributed by atoms with Gasteiger partial charge >= 0.3 is 0 Å². The normalized spacial score (nSPS) is 37.8. The highest BCUT2D eigenvalue weighted by Gasteiger charge is 2.41. The molecule has 6 rings (SSSR count). The van der Waals surface area contributed by atoms with E-state index in [1.165, 1.54) is 162 Å². The third-order valence-electron chi connectivity index (χ3n) is 11.4. The van der Waals surface area contributed by atoms with Crippen molar-refractivity contribution >= 4 is 0 Å². The van der Waals surface area contributed by atoms with Crippen molar-refractivity contribution in [2.24, 2.45) is 0 Å². The number of hydrogen-bond donors (Lipinski definition) is 1. The summed E-state index contributed by atoms with van der Waals surface area (Å²) in [6.07, 6.45) is 21.2. The van der Waals surface area contributed by atoms with Gasteiger partial charge in [-0.15, -0.1) is 0 Å². The Kier molecular flexibility index (Phi) is 12.0. The molecule has 6 nitrogen and oxygen atoms in total. The van der Waals surface area contributed by atoms with E-state index < -0.39 is 0 Å². The molecule has 6 aliphatic heterocycles. The molecule has 0 aromatic heterocycles. The van der Waals surface area contributed by atoms with Crippen LogP contribution in [-0.4, -0.2) is 135 Å². The summed E-state index contributed by atoms with van der Waals surface area (Å²) in [4.78, 5) is 12.9. The van der Waals surface area contributed by atoms with Crippen molar-refractivity contribution in [1.82, 2.24) is 29.8 Å². The van der Waals surface area contributed by atoms with Crippen LogP contribution in [0.4, 0.5) is 0 Å². The molecule has 6 fully saturated rings. The second-order valence-electron chi connectivity index (χ2n) is 14.6. The smallest absolute Gasteiger partial charge is 0.0336 e. The second kappa shape index (κ2) is 14.8. The Balaban J connectivity index is 0.000000136. The first-order valence-electron chi connectivity index (χ1n) is 17.1. The van der Waals surface area contributed by atoms with Gasteiger partial charge < -0.3 is 20.0 Å². The summed E-state index contributed by atoms with van der Waals surface area (Å²) in [5, 5.41) is 3.72. The van der Waals surface area contributed by atoms with Crippen LogP contribution in [0.5, 0.6) is 0 Å². The lowest BCUT2D eigenvalue weighted by Gasteiger charge is -2.51. The summed E-state index contributed by atoms with van der Waals surface area (Å²) in [5.41, 5.74) is 1.61. The van der Waals surface area contributed by atoms with Crippen LogP contribution in [0.15, 0.2) is 0 Å². The van der Waals surface area contributed by atoms with E-state index in [2.05, 4.69) is 64.9 Å². The minimum atomic E-state index is 0.505. The van der Waals surface area contributed by atoms with Gasteiger partial charge in [0.2, 0.25) is 0 Å². The first kappa shape index (κ1) is 31.7. The minimum Gasteiger partial charge on any atom is -0.310 e. The maximum atomic E-state index is 3.72. The Morgan fingerprint density at radius 1 is 0.513 bits per heavy atom. The fourth-order valence-corrected chi connectivity index (χ4v) is 9.27. The van der Waals surface area contributed by atoms with Crippen LogP contribution in [-0.2, 0) is 0 Å². The van der Waals surface area contributed by atoms with Crippen molar-refractivity contribution in [2.45, 2.75) is 120 Å². The SMILES string of the molecule is CCN1CCCCC12CCCN(C)C2.CN1CCCC2(CCCCN2)C1.CN1CCCC2(CCCCN2C)C1. The van der Waals surface area contributed by atoms with Crippen LogP contribution in [0.25, 0.3) is 0 Å². The van der Waals surface area contributed by atoms with E-state index in [-0.39, 0.29) is 0 Å². The lowest BCUT2D eigenvalue weighted by atomic mass is 9.80. The summed E-state index contributed by atoms with van der Waals surface area (Å²) < 4.78 is 0. The van der Waals surface area contributed by atoms with Crippen molar-refractivity contribution in [3.8, 4) is 0 Å². The zero-order chi connectivity index (χ0) is 27.8. The molecule has 6 heteroatoms. The van der Waals surface area contributed by atoms with Gasteiger partial charge in [0, 0.05) is 36.3 Å². The number of nitrogens with zero attached hydrogens (tertiary/aromatic N) is 5. The molecule has 0 saturated carbocycles. The second-order valence-corrected chi connectivity index (χ2v) is 14.6. The van der Waals surface area contributed by atoms with Gasteiger partial charge in [0.1, 0.15) is 0 Å². The third kappa shape index (κ3) is 8.41. The number of nitrogens with one attached hydrogen (secondary N) is 1. The molecule has 3 spiro atoms. The lowest BCUT2D eigenvalue weighted by molar-refractivity contribution is -0.00577. The van der Waals surface area contributed by atoms with E-state index in [0.29, 0.717) is 16.6 Å². The molecule has 3 atom stereocenters. The topological polar surface area (TPSA) is 28.2 Å². The summed E-state index contributed by atoms with van der Waals surface area (Å²) in [6, 6.07) is 0. The fraction of sp³-hybridized carbons (Fsp3) is 1.00. The molecule has 0 aliphatic carbocycles. The molecule has 0 aromatic rings. The molecule has 1 N–H and O–H groups in total. The molecule has 0 aromatic carbocycles. The van der Waals surface area contributed by atoms with Crippen molar-refractivity contribution in [2.75, 3.05) is 93.6 Å². The van der Waals surface area contributed by atoms with E-state index >= 15 is 0 Å². The molecule has 0 amide bonds. The summed E-state index contributed by atoms with van der Waals surface area (Å²) in [7, 11) is 9.11. The average Bonchev–Trinajstić information content (AvgIpc) is 2.92. The van der Waals surface area contributed by atoms with Gasteiger partial charge in [0.25, 0.3) is 0 Å². The standard InChI is InChI=1S/C12H24N2.C11H22N2.C10H20N2/c1-3-14-10-5-4-7-12(14)8-6-9-13(2)11-12;1-12-8-5-7-11(10-12)6-3-4-9-13(11)2;1-12-8-4-6-10(9-12)5-2-3-7-11-10/h3-11H2,1-2H3;3-10H2,1-2H3;11H,2-9H2,1H3. The number of piperidine rings is 6. The van der Waals surface area contributed by atoms with E-state index in [4.69, 9.17) is 0 Å². The van der Waals surface area contributed by atoms with Gasteiger partial charge in [-0.25, -0.2) is 0 Å². The van der Waals surface area contributed by atoms with E-state index in [1.54, 1.807) is 0 Å². The number of likely N-dealkylation sites (tertiary alicyclic amines) is 5. The fourth-order valence-electron chi connectivity index (χ4n) is 9.27. The summed E-state index contributed by atoms with van der Waals surface area (Å²) in [6.45, 7) is 15.2. The van der Waals surface area contributed by atoms with E-state index in [9.17, 15) is 0 Å². The van der Waals surface area contributed by atoms with E-state index in [0.717, 1.165) is 0 Å². The van der Waals surface area contributed by atoms with Crippen LogP contribution in [0.1, 0.15) is 103 Å². The monoisotopic (exact) mass is 547 g/mol. The van der Waals surface area contributed by atoms with Crippen LogP contribution < -0.4 is 5.32 Å². The third-order valence-corrected chi connectivity index (χ3v) is 11.4. The average molecular weight is 547 g/mol. The van der Waals surface area contributed by atoms with Crippen LogP contribution in [0, 0.1) is 0 Å². The van der Waals surface area contributed by atoms with Gasteiger partial charge in [-0.3, -0.25) is 9.80 Å². The summed E-state index contributed by atoms with van der Waals surface area (Å²) in [5.74, 6) is 0. The number of hydrogen-bond acceptors (Lipinski definition) is 6. The first-order valence-corrected chi connectivity index (χ1v) is 17.1. The Morgan fingerprint density at radius 3 is 1.62 bits per heavy atom. The van der Waals surface area contributed by atoms with Crippen molar-refractivity contribution < 1.29 is 0 Å². The maximum Gasteiger partial charge on any atom is 0.0336 e. The Morgan fingerprint density at radius 2 is 1.03 bits per heavy atom. The van der Waals surface area contributed by atoms with Crippen LogP contribution in [0.2, 0.25) is 0 Å². The Bertz CT molecular complexity index is 697. The molecular weight excluding hydrogens is 480 g/mol. The van der Waals surface area contributed by atoms with Gasteiger partial charge in [0.05, 0.1) is 0 Å². The minimum absolute atomic E-state index is 0.505. The molecular formula is C33H66N6. The molecule has 228 valence electrons. The molecule has 39 heavy (non-hydrogen) atoms. The van der Waals surface area contributed by atoms with Crippen molar-refractivity contribution in [3.63, 3.8) is 0 Å². The molecule has 0 bridgehead atoms. The zero-order valence-corrected chi connectivity index (χ0v) is 26.9. The Labute approximate surface area is 243 Å². The highest BCUT2D eigenvalue weighted by Crippen LogP contribution is 2.36. The number of likely N-dealkylation sites (N-methyl/N-ethyl adjacent to an activating group) is 5. The van der Waals surface area contributed by atoms with Crippen molar-refractivity contribution in [3.05, 3.63) is 0 Å². The predicted molar refractivity (Wildman–Crippen MR) is 168 cm³/mol. The first-order chi connectivity index (χ1) is 18.8.